The molecular weight excluding hydrogens is 220 g/mol. The van der Waals surface area contributed by atoms with Crippen LogP contribution in [0.15, 0.2) is 28.8 Å². The molecule has 0 atom stereocenters. The first-order valence-electron chi connectivity index (χ1n) is 5.13. The second-order valence-corrected chi connectivity index (χ2v) is 3.53. The lowest BCUT2D eigenvalue weighted by molar-refractivity contribution is 0.178. The number of aromatic nitrogens is 1. The van der Waals surface area contributed by atoms with Crippen molar-refractivity contribution < 1.29 is 14.0 Å². The van der Waals surface area contributed by atoms with E-state index in [0.29, 0.717) is 12.3 Å². The molecule has 0 radical (unpaired) electrons. The van der Waals surface area contributed by atoms with Gasteiger partial charge in [0, 0.05) is 7.11 Å². The Morgan fingerprint density at radius 3 is 2.88 bits per heavy atom. The second kappa shape index (κ2) is 4.88. The minimum absolute atomic E-state index is 0.283. The molecule has 0 aliphatic heterocycles. The average Bonchev–Trinajstić information content (AvgIpc) is 2.71. The summed E-state index contributed by atoms with van der Waals surface area (Å²) in [5.41, 5.74) is 8.10. The van der Waals surface area contributed by atoms with Crippen LogP contribution >= 0.6 is 0 Å². The Morgan fingerprint density at radius 1 is 1.35 bits per heavy atom. The molecule has 5 heteroatoms. The molecule has 0 saturated carbocycles. The highest BCUT2D eigenvalue weighted by molar-refractivity contribution is 5.75. The number of methoxy groups -OCH3 is 2. The van der Waals surface area contributed by atoms with Crippen LogP contribution in [-0.2, 0) is 11.3 Å². The van der Waals surface area contributed by atoms with Crippen molar-refractivity contribution in [2.24, 2.45) is 0 Å². The maximum Gasteiger partial charge on any atom is 0.230 e. The van der Waals surface area contributed by atoms with Crippen LogP contribution in [0.1, 0.15) is 5.69 Å². The van der Waals surface area contributed by atoms with Gasteiger partial charge in [-0.2, -0.15) is 0 Å². The van der Waals surface area contributed by atoms with Crippen molar-refractivity contribution in [2.45, 2.75) is 6.61 Å². The van der Waals surface area contributed by atoms with Gasteiger partial charge < -0.3 is 19.7 Å². The predicted molar refractivity (Wildman–Crippen MR) is 63.6 cm³/mol. The fourth-order valence-corrected chi connectivity index (χ4v) is 1.66. The molecule has 1 heterocycles. The van der Waals surface area contributed by atoms with Crippen molar-refractivity contribution in [3.05, 3.63) is 30.0 Å². The topological polar surface area (TPSA) is 70.5 Å². The van der Waals surface area contributed by atoms with E-state index in [1.807, 2.05) is 24.3 Å². The number of ether oxygens (including phenoxy) is 2. The molecule has 0 unspecified atom stereocenters. The highest BCUT2D eigenvalue weighted by atomic mass is 16.5. The van der Waals surface area contributed by atoms with Crippen LogP contribution in [0.3, 0.4) is 0 Å². The summed E-state index contributed by atoms with van der Waals surface area (Å²) in [5.74, 6) is 1.04. The zero-order chi connectivity index (χ0) is 12.3. The molecule has 0 saturated heterocycles. The molecule has 2 N–H and O–H groups in total. The summed E-state index contributed by atoms with van der Waals surface area (Å²) < 4.78 is 15.2. The number of rotatable bonds is 4. The van der Waals surface area contributed by atoms with E-state index in [1.54, 1.807) is 14.2 Å². The standard InChI is InChI=1S/C12H14N2O3/c1-15-7-10-11(12(13)17-14-10)8-4-3-5-9(6-8)16-2/h3-6H,7,13H2,1-2H3. The van der Waals surface area contributed by atoms with Crippen molar-refractivity contribution in [1.82, 2.24) is 5.16 Å². The Morgan fingerprint density at radius 2 is 2.18 bits per heavy atom. The molecule has 90 valence electrons. The fourth-order valence-electron chi connectivity index (χ4n) is 1.66. The number of nitrogen functional groups attached to an aromatic ring is 1. The van der Waals surface area contributed by atoms with Crippen molar-refractivity contribution in [3.63, 3.8) is 0 Å². The van der Waals surface area contributed by atoms with E-state index in [-0.39, 0.29) is 5.88 Å². The summed E-state index contributed by atoms with van der Waals surface area (Å²) in [4.78, 5) is 0. The van der Waals surface area contributed by atoms with Gasteiger partial charge in [-0.15, -0.1) is 0 Å². The van der Waals surface area contributed by atoms with E-state index < -0.39 is 0 Å². The summed E-state index contributed by atoms with van der Waals surface area (Å²) in [6.45, 7) is 0.354. The number of hydrogen-bond donors (Lipinski definition) is 1. The van der Waals surface area contributed by atoms with Gasteiger partial charge in [0.25, 0.3) is 0 Å². The van der Waals surface area contributed by atoms with Crippen LogP contribution in [-0.4, -0.2) is 19.4 Å². The Kier molecular flexibility index (Phi) is 3.30. The van der Waals surface area contributed by atoms with Crippen LogP contribution in [0, 0.1) is 0 Å². The van der Waals surface area contributed by atoms with Crippen molar-refractivity contribution in [1.29, 1.82) is 0 Å². The van der Waals surface area contributed by atoms with E-state index in [4.69, 9.17) is 19.7 Å². The van der Waals surface area contributed by atoms with Gasteiger partial charge in [0.1, 0.15) is 11.4 Å². The largest absolute Gasteiger partial charge is 0.497 e. The number of nitrogens with two attached hydrogens (primary N) is 1. The molecule has 1 aromatic carbocycles. The molecule has 17 heavy (non-hydrogen) atoms. The zero-order valence-electron chi connectivity index (χ0n) is 9.77. The monoisotopic (exact) mass is 234 g/mol. The van der Waals surface area contributed by atoms with E-state index in [2.05, 4.69) is 5.16 Å². The Balaban J connectivity index is 2.47. The van der Waals surface area contributed by atoms with Crippen molar-refractivity contribution >= 4 is 5.88 Å². The zero-order valence-corrected chi connectivity index (χ0v) is 9.77. The Bertz CT molecular complexity index is 508. The quantitative estimate of drug-likeness (QED) is 0.876. The molecule has 2 aromatic rings. The van der Waals surface area contributed by atoms with Gasteiger partial charge in [0.15, 0.2) is 0 Å². The molecular formula is C12H14N2O3. The highest BCUT2D eigenvalue weighted by Gasteiger charge is 2.15. The van der Waals surface area contributed by atoms with Gasteiger partial charge in [-0.3, -0.25) is 0 Å². The van der Waals surface area contributed by atoms with Gasteiger partial charge >= 0.3 is 0 Å². The van der Waals surface area contributed by atoms with E-state index in [0.717, 1.165) is 16.9 Å². The summed E-state index contributed by atoms with van der Waals surface area (Å²) in [7, 11) is 3.21. The lowest BCUT2D eigenvalue weighted by atomic mass is 10.1. The molecule has 0 bridgehead atoms. The van der Waals surface area contributed by atoms with Gasteiger partial charge in [0.05, 0.1) is 19.3 Å². The smallest absolute Gasteiger partial charge is 0.230 e. The minimum atomic E-state index is 0.283. The molecule has 0 amide bonds. The molecule has 2 rings (SSSR count). The molecule has 0 spiro atoms. The SMILES string of the molecule is COCc1noc(N)c1-c1cccc(OC)c1. The molecule has 0 fully saturated rings. The Labute approximate surface area is 99.1 Å². The van der Waals surface area contributed by atoms with Gasteiger partial charge in [-0.05, 0) is 17.7 Å². The van der Waals surface area contributed by atoms with Crippen LogP contribution in [0.25, 0.3) is 11.1 Å². The second-order valence-electron chi connectivity index (χ2n) is 3.53. The maximum atomic E-state index is 5.77. The van der Waals surface area contributed by atoms with Crippen molar-refractivity contribution in [2.75, 3.05) is 20.0 Å². The molecule has 1 aromatic heterocycles. The van der Waals surface area contributed by atoms with Crippen LogP contribution in [0.4, 0.5) is 5.88 Å². The fraction of sp³-hybridized carbons (Fsp3) is 0.250. The first-order chi connectivity index (χ1) is 8.26. The van der Waals surface area contributed by atoms with Gasteiger partial charge in [0.2, 0.25) is 5.88 Å². The third kappa shape index (κ3) is 2.24. The van der Waals surface area contributed by atoms with E-state index >= 15 is 0 Å². The third-order valence-electron chi connectivity index (χ3n) is 2.43. The lowest BCUT2D eigenvalue weighted by Crippen LogP contribution is -1.93. The van der Waals surface area contributed by atoms with Crippen LogP contribution in [0.2, 0.25) is 0 Å². The first-order valence-corrected chi connectivity index (χ1v) is 5.13. The number of benzene rings is 1. The van der Waals surface area contributed by atoms with Crippen LogP contribution in [0.5, 0.6) is 5.75 Å². The summed E-state index contributed by atoms with van der Waals surface area (Å²) in [5, 5.41) is 3.87. The number of hydrogen-bond acceptors (Lipinski definition) is 5. The molecule has 0 aliphatic rings. The van der Waals surface area contributed by atoms with Gasteiger partial charge in [-0.1, -0.05) is 17.3 Å². The van der Waals surface area contributed by atoms with Crippen LogP contribution < -0.4 is 10.5 Å². The predicted octanol–water partition coefficient (Wildman–Crippen LogP) is 2.08. The minimum Gasteiger partial charge on any atom is -0.497 e. The Hall–Kier alpha value is -2.01. The summed E-state index contributed by atoms with van der Waals surface area (Å²) in [6.07, 6.45) is 0. The van der Waals surface area contributed by atoms with Crippen molar-refractivity contribution in [3.8, 4) is 16.9 Å². The van der Waals surface area contributed by atoms with E-state index in [9.17, 15) is 0 Å². The number of anilines is 1. The third-order valence-corrected chi connectivity index (χ3v) is 2.43. The molecule has 5 nitrogen and oxygen atoms in total. The summed E-state index contributed by atoms with van der Waals surface area (Å²) in [6, 6.07) is 7.55. The normalized spacial score (nSPS) is 10.5. The van der Waals surface area contributed by atoms with Gasteiger partial charge in [-0.25, -0.2) is 0 Å². The molecule has 0 aliphatic carbocycles. The highest BCUT2D eigenvalue weighted by Crippen LogP contribution is 2.32. The number of nitrogens with zero attached hydrogens (tertiary/aromatic N) is 1. The maximum absolute atomic E-state index is 5.77. The lowest BCUT2D eigenvalue weighted by Gasteiger charge is -2.04. The first kappa shape index (κ1) is 11.5. The average molecular weight is 234 g/mol. The van der Waals surface area contributed by atoms with E-state index in [1.165, 1.54) is 0 Å². The summed E-state index contributed by atoms with van der Waals surface area (Å²) >= 11 is 0.